The number of aromatic nitrogens is 3. The molecule has 3 aromatic heterocycles. The van der Waals surface area contributed by atoms with Crippen LogP contribution in [0.5, 0.6) is 0 Å². The van der Waals surface area contributed by atoms with Gasteiger partial charge < -0.3 is 41.1 Å². The summed E-state index contributed by atoms with van der Waals surface area (Å²) in [5.74, 6) is 2.65. The number of nitrogen functional groups attached to an aromatic ring is 1. The number of halogens is 6. The van der Waals surface area contributed by atoms with E-state index in [1.54, 1.807) is 29.2 Å². The molecule has 12 rings (SSSR count). The second kappa shape index (κ2) is 30.9. The van der Waals surface area contributed by atoms with E-state index in [-0.39, 0.29) is 75.7 Å². The molecule has 0 spiro atoms. The van der Waals surface area contributed by atoms with Gasteiger partial charge in [-0.2, -0.15) is 0 Å². The molecular formula is C72H76Cl6N12O7. The van der Waals surface area contributed by atoms with Gasteiger partial charge in [-0.05, 0) is 137 Å². The molecule has 9 aromatic rings. The molecule has 97 heavy (non-hydrogen) atoms. The van der Waals surface area contributed by atoms with E-state index in [0.717, 1.165) is 53.2 Å². The van der Waals surface area contributed by atoms with Gasteiger partial charge in [-0.3, -0.25) is 52.9 Å². The number of Topliss-reactive ketones (excluding diaryl/α,β-unsaturated/α-hetero) is 2. The number of piperazine rings is 3. The van der Waals surface area contributed by atoms with E-state index in [2.05, 4.69) is 69.1 Å². The van der Waals surface area contributed by atoms with Crippen LogP contribution >= 0.6 is 69.6 Å². The van der Waals surface area contributed by atoms with Crippen molar-refractivity contribution >= 4 is 143 Å². The Morgan fingerprint density at radius 3 is 1.26 bits per heavy atom. The van der Waals surface area contributed by atoms with Crippen molar-refractivity contribution in [3.8, 4) is 0 Å². The zero-order valence-corrected chi connectivity index (χ0v) is 59.4. The molecule has 6 N–H and O–H groups in total. The van der Waals surface area contributed by atoms with Crippen molar-refractivity contribution in [1.29, 1.82) is 0 Å². The summed E-state index contributed by atoms with van der Waals surface area (Å²) < 4.78 is 1.23. The number of H-pyrrole nitrogens is 2. The summed E-state index contributed by atoms with van der Waals surface area (Å²) in [6.07, 6.45) is 4.69. The Morgan fingerprint density at radius 1 is 0.443 bits per heavy atom. The maximum atomic E-state index is 13.6. The Labute approximate surface area is 592 Å². The van der Waals surface area contributed by atoms with Gasteiger partial charge >= 0.3 is 0 Å². The van der Waals surface area contributed by atoms with Crippen LogP contribution in [0.25, 0.3) is 32.7 Å². The zero-order chi connectivity index (χ0) is 69.8. The molecule has 19 nitrogen and oxygen atoms in total. The molecule has 0 unspecified atom stereocenters. The number of fused-ring (bicyclic) bond motifs is 3. The number of aromatic amines is 2. The SMILES string of the molecule is CNC(=O)C(=O)c1c[nH]c2cc(Cl)c(C(=O)N3C[C@H](C)N(Cc4cccc(Cl)c4)C[C@H]3C)cc12.CNC(=O)C(=O)c1cn(N)c2cc(Cl)c(C(=O)N3C[C@H](C)N(Cc4cccc(Cl)c4)C[C@H]3C)cc12.C[C@@H]1CN(Cc2cccc(Cl)c2)[C@@H](C)CN1C(=O)c1cc2cc[nH]c2cc1Cl. The van der Waals surface area contributed by atoms with Crippen molar-refractivity contribution in [2.24, 2.45) is 0 Å². The Balaban J connectivity index is 0.000000159. The summed E-state index contributed by atoms with van der Waals surface area (Å²) >= 11 is 37.8. The number of likely N-dealkylation sites (N-methyl/N-ethyl adjacent to an activating group) is 2. The van der Waals surface area contributed by atoms with Crippen molar-refractivity contribution in [3.05, 3.63) is 208 Å². The molecule has 0 saturated carbocycles. The predicted molar refractivity (Wildman–Crippen MR) is 386 cm³/mol. The number of nitrogens with zero attached hydrogens (tertiary/aromatic N) is 7. The fraction of sp³-hybridized carbons (Fsp3) is 0.319. The van der Waals surface area contributed by atoms with E-state index < -0.39 is 23.4 Å². The van der Waals surface area contributed by atoms with Crippen LogP contribution < -0.4 is 16.5 Å². The number of amides is 5. The number of hydrogen-bond acceptors (Lipinski definition) is 11. The average Bonchev–Trinajstić information content (AvgIpc) is 1.70. The van der Waals surface area contributed by atoms with E-state index in [9.17, 15) is 33.6 Å². The molecule has 508 valence electrons. The van der Waals surface area contributed by atoms with Crippen molar-refractivity contribution in [2.75, 3.05) is 59.2 Å². The van der Waals surface area contributed by atoms with Gasteiger partial charge in [0.1, 0.15) is 0 Å². The van der Waals surface area contributed by atoms with Crippen LogP contribution in [-0.2, 0) is 29.2 Å². The first-order valence-corrected chi connectivity index (χ1v) is 34.1. The standard InChI is InChI=1S/C25H27Cl2N5O3.C25H26Cl2N4O3.C22H23Cl2N3O/c1-14-11-31(15(2)10-30(14)12-16-5-4-6-17(26)7-16)25(35)19-8-18-20(23(33)24(34)29-3)13-32(28)22(18)9-21(19)27;1-14-12-31(15(2)11-30(14)13-16-5-4-6-17(26)7-16)25(34)19-8-18-20(23(32)24(33)28-3)10-29-22(18)9-21(19)27;1-14-12-27(15(2)11-26(14)13-16-4-3-5-18(23)8-16)22(28)19-9-17-6-7-25-21(17)10-20(19)24/h4-9,13-15H,10-12,28H2,1-3H3,(H,29,34);4-10,14-15,29H,11-13H2,1-3H3,(H,28,33);3-10,14-15,25H,11-13H2,1-2H3/t3*14-,15+/m000/s1. The van der Waals surface area contributed by atoms with Crippen molar-refractivity contribution < 1.29 is 33.6 Å². The van der Waals surface area contributed by atoms with Crippen LogP contribution in [0.3, 0.4) is 0 Å². The average molecular weight is 1430 g/mol. The van der Waals surface area contributed by atoms with Crippen LogP contribution in [-0.4, -0.2) is 175 Å². The van der Waals surface area contributed by atoms with E-state index in [1.807, 2.05) is 115 Å². The molecule has 0 aliphatic carbocycles. The molecule has 3 saturated heterocycles. The third-order valence-electron chi connectivity index (χ3n) is 18.3. The number of hydrogen-bond donors (Lipinski definition) is 5. The molecule has 3 aliphatic rings. The molecule has 0 radical (unpaired) electrons. The summed E-state index contributed by atoms with van der Waals surface area (Å²) in [5, 5.41) is 9.70. The van der Waals surface area contributed by atoms with E-state index in [0.29, 0.717) is 85.7 Å². The van der Waals surface area contributed by atoms with Gasteiger partial charge in [0, 0.05) is 170 Å². The minimum atomic E-state index is -0.765. The van der Waals surface area contributed by atoms with Crippen LogP contribution in [0.1, 0.15) is 110 Å². The van der Waals surface area contributed by atoms with Gasteiger partial charge in [0.15, 0.2) is 0 Å². The summed E-state index contributed by atoms with van der Waals surface area (Å²) in [6.45, 7) is 18.6. The fourth-order valence-corrected chi connectivity index (χ4v) is 14.4. The molecule has 6 aromatic carbocycles. The van der Waals surface area contributed by atoms with Crippen molar-refractivity contribution in [1.82, 2.24) is 54.7 Å². The summed E-state index contributed by atoms with van der Waals surface area (Å²) in [4.78, 5) is 108. The molecule has 25 heteroatoms. The minimum absolute atomic E-state index is 0.00476. The Morgan fingerprint density at radius 2 is 0.835 bits per heavy atom. The van der Waals surface area contributed by atoms with Crippen molar-refractivity contribution in [3.63, 3.8) is 0 Å². The first-order valence-electron chi connectivity index (χ1n) is 31.8. The number of ketones is 2. The van der Waals surface area contributed by atoms with Crippen LogP contribution in [0.2, 0.25) is 30.1 Å². The van der Waals surface area contributed by atoms with E-state index >= 15 is 0 Å². The Hall–Kier alpha value is -7.95. The van der Waals surface area contributed by atoms with Gasteiger partial charge in [0.25, 0.3) is 41.1 Å². The first kappa shape index (κ1) is 71.8. The maximum absolute atomic E-state index is 13.6. The second-order valence-electron chi connectivity index (χ2n) is 25.2. The number of carbonyl (C=O) groups excluding carboxylic acids is 7. The predicted octanol–water partition coefficient (Wildman–Crippen LogP) is 12.7. The van der Waals surface area contributed by atoms with Gasteiger partial charge in [-0.1, -0.05) is 106 Å². The van der Waals surface area contributed by atoms with Crippen LogP contribution in [0.4, 0.5) is 0 Å². The third kappa shape index (κ3) is 16.1. The number of rotatable bonds is 13. The lowest BCUT2D eigenvalue weighted by atomic mass is 10.0. The molecule has 3 aliphatic heterocycles. The molecule has 6 heterocycles. The minimum Gasteiger partial charge on any atom is -0.361 e. The highest BCUT2D eigenvalue weighted by molar-refractivity contribution is 6.46. The fourth-order valence-electron chi connectivity index (χ4n) is 13.0. The highest BCUT2D eigenvalue weighted by Gasteiger charge is 2.37. The molecule has 3 fully saturated rings. The van der Waals surface area contributed by atoms with Gasteiger partial charge in [-0.25, -0.2) is 0 Å². The number of benzene rings is 6. The largest absolute Gasteiger partial charge is 0.361 e. The monoisotopic (exact) mass is 1430 g/mol. The quantitative estimate of drug-likeness (QED) is 0.0415. The smallest absolute Gasteiger partial charge is 0.292 e. The highest BCUT2D eigenvalue weighted by atomic mass is 35.5. The Kier molecular flexibility index (Phi) is 22.8. The summed E-state index contributed by atoms with van der Waals surface area (Å²) in [5.41, 5.74) is 6.85. The lowest BCUT2D eigenvalue weighted by molar-refractivity contribution is -0.117. The topological polar surface area (TPSA) is 226 Å². The molecule has 0 bridgehead atoms. The van der Waals surface area contributed by atoms with E-state index in [4.69, 9.17) is 75.4 Å². The van der Waals surface area contributed by atoms with E-state index in [1.165, 1.54) is 36.7 Å². The Bertz CT molecular complexity index is 4500. The summed E-state index contributed by atoms with van der Waals surface area (Å²) in [7, 11) is 2.78. The molecular weight excluding hydrogens is 1360 g/mol. The lowest BCUT2D eigenvalue weighted by Crippen LogP contribution is -2.57. The van der Waals surface area contributed by atoms with Crippen LogP contribution in [0, 0.1) is 0 Å². The number of nitrogens with two attached hydrogens (primary N) is 1. The van der Waals surface area contributed by atoms with Gasteiger partial charge in [0.2, 0.25) is 0 Å². The highest BCUT2D eigenvalue weighted by Crippen LogP contribution is 2.34. The third-order valence-corrected chi connectivity index (χ3v) is 20.0. The second-order valence-corrected chi connectivity index (χ2v) is 27.8. The van der Waals surface area contributed by atoms with Crippen molar-refractivity contribution in [2.45, 2.75) is 97.4 Å². The van der Waals surface area contributed by atoms with Gasteiger partial charge in [-0.15, -0.1) is 0 Å². The number of nitrogens with one attached hydrogen (secondary N) is 4. The summed E-state index contributed by atoms with van der Waals surface area (Å²) in [6, 6.07) is 36.0. The maximum Gasteiger partial charge on any atom is 0.292 e. The van der Waals surface area contributed by atoms with Gasteiger partial charge in [0.05, 0.1) is 48.4 Å². The zero-order valence-electron chi connectivity index (χ0n) is 54.9. The molecule has 6 atom stereocenters. The molecule has 5 amide bonds. The number of carbonyl (C=O) groups is 7. The van der Waals surface area contributed by atoms with Crippen LogP contribution in [0.15, 0.2) is 134 Å². The normalized spacial score (nSPS) is 19.3. The first-order chi connectivity index (χ1) is 46.2. The lowest BCUT2D eigenvalue weighted by Gasteiger charge is -2.44.